The molecule has 3 aliphatic carbocycles. The number of anilines is 1. The molecule has 33 heavy (non-hydrogen) atoms. The third-order valence-corrected chi connectivity index (χ3v) is 6.00. The van der Waals surface area contributed by atoms with Gasteiger partial charge in [-0.25, -0.2) is 4.98 Å². The lowest BCUT2D eigenvalue weighted by Crippen LogP contribution is -2.50. The minimum absolute atomic E-state index is 0.0757. The van der Waals surface area contributed by atoms with Crippen LogP contribution in [0.25, 0.3) is 22.2 Å². The number of nitrogens with one attached hydrogen (secondary N) is 3. The maximum atomic E-state index is 12.2. The number of benzene rings is 2. The Kier molecular flexibility index (Phi) is 5.42. The molecule has 1 saturated carbocycles. The SMILES string of the molecule is CC(=O)NC1(c2cc(NC(=O)CCc3nc4ccccc4o3)n[nH]2)CCC1.c1cc2cc-2c1. The van der Waals surface area contributed by atoms with Crippen LogP contribution >= 0.6 is 0 Å². The Balaban J connectivity index is 0.000000324. The zero-order chi connectivity index (χ0) is 22.8. The zero-order valence-electron chi connectivity index (χ0n) is 18.4. The standard InChI is InChI=1S/C19H21N5O3.C6H4/c1-12(25)22-19(9-4-10-19)15-11-16(24-23-15)21-17(26)7-8-18-20-13-5-2-3-6-14(13)27-18;1-2-5-4-6(5)3-1/h2-3,5-6,11H,4,7-10H2,1H3,(H,22,25)(H2,21,23,24,26);1-4H. The molecule has 168 valence electrons. The van der Waals surface area contributed by atoms with E-state index in [0.717, 1.165) is 30.5 Å². The first-order valence-corrected chi connectivity index (χ1v) is 11.1. The smallest absolute Gasteiger partial charge is 0.226 e. The number of rotatable bonds is 6. The molecule has 6 rings (SSSR count). The second-order valence-electron chi connectivity index (χ2n) is 8.49. The van der Waals surface area contributed by atoms with E-state index in [9.17, 15) is 9.59 Å². The lowest BCUT2D eigenvalue weighted by Gasteiger charge is -2.41. The number of hydrogen-bond donors (Lipinski definition) is 3. The van der Waals surface area contributed by atoms with Gasteiger partial charge in [0.15, 0.2) is 17.3 Å². The number of hydrogen-bond acceptors (Lipinski definition) is 5. The molecule has 0 spiro atoms. The molecule has 1 fully saturated rings. The first-order valence-electron chi connectivity index (χ1n) is 11.1. The fraction of sp³-hybridized carbons (Fsp3) is 0.280. The summed E-state index contributed by atoms with van der Waals surface area (Å²) in [6.07, 6.45) is 3.42. The molecule has 0 bridgehead atoms. The van der Waals surface area contributed by atoms with Gasteiger partial charge in [-0.2, -0.15) is 5.10 Å². The minimum atomic E-state index is -0.389. The van der Waals surface area contributed by atoms with E-state index in [1.165, 1.54) is 18.1 Å². The Morgan fingerprint density at radius 1 is 1.09 bits per heavy atom. The molecule has 3 aromatic rings. The summed E-state index contributed by atoms with van der Waals surface area (Å²) in [6.45, 7) is 1.51. The molecular formula is C25H25N5O3. The summed E-state index contributed by atoms with van der Waals surface area (Å²) in [5, 5.41) is 12.9. The van der Waals surface area contributed by atoms with Gasteiger partial charge in [0.25, 0.3) is 0 Å². The molecule has 0 saturated heterocycles. The van der Waals surface area contributed by atoms with Crippen molar-refractivity contribution in [1.82, 2.24) is 20.5 Å². The normalized spacial score (nSPS) is 14.6. The van der Waals surface area contributed by atoms with Gasteiger partial charge in [-0.15, -0.1) is 0 Å². The maximum absolute atomic E-state index is 12.2. The summed E-state index contributed by atoms with van der Waals surface area (Å²) in [7, 11) is 0. The fourth-order valence-corrected chi connectivity index (χ4v) is 4.09. The Morgan fingerprint density at radius 3 is 2.48 bits per heavy atom. The van der Waals surface area contributed by atoms with Crippen LogP contribution in [0.3, 0.4) is 0 Å². The number of nitrogens with zero attached hydrogens (tertiary/aromatic N) is 2. The van der Waals surface area contributed by atoms with Gasteiger partial charge in [0.2, 0.25) is 11.8 Å². The van der Waals surface area contributed by atoms with Crippen molar-refractivity contribution >= 4 is 28.7 Å². The molecule has 1 aromatic carbocycles. The monoisotopic (exact) mass is 443 g/mol. The third kappa shape index (κ3) is 4.64. The molecule has 8 nitrogen and oxygen atoms in total. The Hall–Kier alpha value is -3.94. The van der Waals surface area contributed by atoms with Gasteiger partial charge >= 0.3 is 0 Å². The highest BCUT2D eigenvalue weighted by molar-refractivity contribution is 5.90. The average Bonchev–Trinajstić information content (AvgIpc) is 3.17. The van der Waals surface area contributed by atoms with Crippen molar-refractivity contribution in [3.8, 4) is 11.1 Å². The topological polar surface area (TPSA) is 113 Å². The van der Waals surface area contributed by atoms with E-state index in [1.54, 1.807) is 6.07 Å². The third-order valence-electron chi connectivity index (χ3n) is 6.00. The van der Waals surface area contributed by atoms with Crippen molar-refractivity contribution in [2.45, 2.75) is 44.6 Å². The van der Waals surface area contributed by atoms with Crippen LogP contribution < -0.4 is 10.6 Å². The largest absolute Gasteiger partial charge is 0.441 e. The van der Waals surface area contributed by atoms with Crippen molar-refractivity contribution in [3.05, 3.63) is 66.2 Å². The van der Waals surface area contributed by atoms with Crippen LogP contribution in [0, 0.1) is 0 Å². The van der Waals surface area contributed by atoms with Crippen LogP contribution in [0.4, 0.5) is 5.82 Å². The van der Waals surface area contributed by atoms with Crippen LogP contribution in [0.15, 0.2) is 59.0 Å². The van der Waals surface area contributed by atoms with Gasteiger partial charge in [0.05, 0.1) is 11.2 Å². The predicted octanol–water partition coefficient (Wildman–Crippen LogP) is 4.30. The number of fused-ring (bicyclic) bond motifs is 2. The highest BCUT2D eigenvalue weighted by Gasteiger charge is 2.41. The Labute approximate surface area is 190 Å². The number of aromatic amines is 1. The second-order valence-corrected chi connectivity index (χ2v) is 8.49. The van der Waals surface area contributed by atoms with Crippen LogP contribution in [0.5, 0.6) is 0 Å². The van der Waals surface area contributed by atoms with E-state index in [1.807, 2.05) is 24.3 Å². The molecule has 2 aromatic heterocycles. The van der Waals surface area contributed by atoms with E-state index in [0.29, 0.717) is 23.7 Å². The highest BCUT2D eigenvalue weighted by Crippen LogP contribution is 2.40. The maximum Gasteiger partial charge on any atom is 0.226 e. The molecule has 0 aliphatic heterocycles. The Morgan fingerprint density at radius 2 is 1.88 bits per heavy atom. The van der Waals surface area contributed by atoms with Gasteiger partial charge in [0, 0.05) is 25.8 Å². The van der Waals surface area contributed by atoms with Gasteiger partial charge in [-0.1, -0.05) is 30.3 Å². The molecule has 8 heteroatoms. The summed E-state index contributed by atoms with van der Waals surface area (Å²) in [4.78, 5) is 28.0. The number of aryl methyl sites for hydroxylation is 1. The highest BCUT2D eigenvalue weighted by atomic mass is 16.3. The van der Waals surface area contributed by atoms with Crippen molar-refractivity contribution in [3.63, 3.8) is 0 Å². The van der Waals surface area contributed by atoms with Gasteiger partial charge in [-0.3, -0.25) is 14.7 Å². The number of aromatic nitrogens is 3. The molecular weight excluding hydrogens is 418 g/mol. The summed E-state index contributed by atoms with van der Waals surface area (Å²) in [5.74, 6) is 0.739. The van der Waals surface area contributed by atoms with Gasteiger partial charge < -0.3 is 15.1 Å². The molecule has 3 aliphatic rings. The van der Waals surface area contributed by atoms with E-state index in [4.69, 9.17) is 4.42 Å². The Bertz CT molecular complexity index is 1270. The van der Waals surface area contributed by atoms with E-state index in [2.05, 4.69) is 50.1 Å². The number of carbonyl (C=O) groups excluding carboxylic acids is 2. The van der Waals surface area contributed by atoms with E-state index in [-0.39, 0.29) is 23.8 Å². The van der Waals surface area contributed by atoms with Crippen LogP contribution in [-0.4, -0.2) is 27.0 Å². The van der Waals surface area contributed by atoms with Gasteiger partial charge in [0.1, 0.15) is 5.52 Å². The minimum Gasteiger partial charge on any atom is -0.441 e. The van der Waals surface area contributed by atoms with E-state index >= 15 is 0 Å². The zero-order valence-corrected chi connectivity index (χ0v) is 18.4. The quantitative estimate of drug-likeness (QED) is 0.362. The summed E-state index contributed by atoms with van der Waals surface area (Å²) < 4.78 is 5.62. The number of carbonyl (C=O) groups is 2. The number of amides is 2. The molecule has 2 amide bonds. The number of H-pyrrole nitrogens is 1. The second kappa shape index (κ2) is 8.54. The first-order chi connectivity index (χ1) is 16.0. The fourth-order valence-electron chi connectivity index (χ4n) is 4.09. The van der Waals surface area contributed by atoms with Crippen molar-refractivity contribution in [2.75, 3.05) is 5.32 Å². The molecule has 0 atom stereocenters. The summed E-state index contributed by atoms with van der Waals surface area (Å²) in [5.41, 5.74) is 4.78. The average molecular weight is 444 g/mol. The summed E-state index contributed by atoms with van der Waals surface area (Å²) in [6, 6.07) is 17.8. The van der Waals surface area contributed by atoms with Crippen LogP contribution in [0.2, 0.25) is 0 Å². The van der Waals surface area contributed by atoms with Crippen molar-refractivity contribution in [2.24, 2.45) is 0 Å². The van der Waals surface area contributed by atoms with Crippen molar-refractivity contribution < 1.29 is 14.0 Å². The van der Waals surface area contributed by atoms with Gasteiger partial charge in [-0.05, 0) is 48.6 Å². The number of oxazole rings is 1. The first kappa shape index (κ1) is 20.9. The molecule has 3 N–H and O–H groups in total. The number of para-hydroxylation sites is 2. The lowest BCUT2D eigenvalue weighted by atomic mass is 9.74. The van der Waals surface area contributed by atoms with E-state index < -0.39 is 0 Å². The molecule has 0 unspecified atom stereocenters. The lowest BCUT2D eigenvalue weighted by molar-refractivity contribution is -0.122. The predicted molar refractivity (Wildman–Crippen MR) is 124 cm³/mol. The van der Waals surface area contributed by atoms with Crippen LogP contribution in [-0.2, 0) is 21.5 Å². The molecule has 2 heterocycles. The van der Waals surface area contributed by atoms with Crippen LogP contribution in [0.1, 0.15) is 44.2 Å². The van der Waals surface area contributed by atoms with Crippen molar-refractivity contribution in [1.29, 1.82) is 0 Å². The molecule has 0 radical (unpaired) electrons. The summed E-state index contributed by atoms with van der Waals surface area (Å²) >= 11 is 0.